The molecule has 132 valence electrons. The highest BCUT2D eigenvalue weighted by Gasteiger charge is 2.13. The van der Waals surface area contributed by atoms with Crippen LogP contribution in [0, 0.1) is 11.5 Å². The standard InChI is InChI=1S/C17H15N5O4/c1-2-25-17(24)21-16(23)11-20-22(12-18)14-5-3-4-6-15(14)26-13-7-9-19-10-8-13/h3-11H,2H2,1H3,(H,21,23,24)/b20-11-. The van der Waals surface area contributed by atoms with Crippen LogP contribution >= 0.6 is 0 Å². The zero-order chi connectivity index (χ0) is 18.8. The van der Waals surface area contributed by atoms with Gasteiger partial charge in [0.15, 0.2) is 5.75 Å². The molecule has 2 rings (SSSR count). The van der Waals surface area contributed by atoms with E-state index in [0.717, 1.165) is 11.2 Å². The molecule has 0 atom stereocenters. The van der Waals surface area contributed by atoms with Crippen molar-refractivity contribution in [1.82, 2.24) is 10.3 Å². The number of anilines is 1. The zero-order valence-corrected chi connectivity index (χ0v) is 13.8. The maximum atomic E-state index is 11.6. The number of para-hydroxylation sites is 2. The molecule has 0 bridgehead atoms. The number of carbonyl (C=O) groups excluding carboxylic acids is 2. The summed E-state index contributed by atoms with van der Waals surface area (Å²) >= 11 is 0. The number of aromatic nitrogens is 1. The van der Waals surface area contributed by atoms with E-state index in [1.807, 2.05) is 11.5 Å². The number of carbonyl (C=O) groups is 2. The Labute approximate surface area is 149 Å². The Morgan fingerprint density at radius 2 is 2.04 bits per heavy atom. The molecular formula is C17H15N5O4. The molecule has 9 nitrogen and oxygen atoms in total. The van der Waals surface area contributed by atoms with Crippen LogP contribution < -0.4 is 15.1 Å². The van der Waals surface area contributed by atoms with Crippen LogP contribution in [0.5, 0.6) is 11.5 Å². The Balaban J connectivity index is 2.15. The summed E-state index contributed by atoms with van der Waals surface area (Å²) in [5.74, 6) is 0.0498. The van der Waals surface area contributed by atoms with Crippen molar-refractivity contribution >= 4 is 23.9 Å². The molecule has 2 amide bonds. The van der Waals surface area contributed by atoms with Crippen molar-refractivity contribution in [2.45, 2.75) is 6.92 Å². The number of nitrogens with one attached hydrogen (secondary N) is 1. The highest BCUT2D eigenvalue weighted by atomic mass is 16.5. The first-order valence-electron chi connectivity index (χ1n) is 7.52. The molecule has 0 radical (unpaired) electrons. The van der Waals surface area contributed by atoms with Crippen molar-refractivity contribution in [2.75, 3.05) is 11.6 Å². The molecule has 1 heterocycles. The van der Waals surface area contributed by atoms with Crippen LogP contribution in [0.1, 0.15) is 6.92 Å². The average molecular weight is 353 g/mol. The smallest absolute Gasteiger partial charge is 0.414 e. The first-order valence-corrected chi connectivity index (χ1v) is 7.52. The van der Waals surface area contributed by atoms with Gasteiger partial charge in [-0.2, -0.15) is 15.4 Å². The number of nitrogens with zero attached hydrogens (tertiary/aromatic N) is 4. The van der Waals surface area contributed by atoms with Gasteiger partial charge in [-0.15, -0.1) is 0 Å². The fourth-order valence-corrected chi connectivity index (χ4v) is 1.80. The molecular weight excluding hydrogens is 338 g/mol. The fourth-order valence-electron chi connectivity index (χ4n) is 1.80. The number of pyridine rings is 1. The molecule has 1 aromatic heterocycles. The van der Waals surface area contributed by atoms with Gasteiger partial charge < -0.3 is 9.47 Å². The summed E-state index contributed by atoms with van der Waals surface area (Å²) < 4.78 is 10.3. The molecule has 0 spiro atoms. The van der Waals surface area contributed by atoms with Gasteiger partial charge in [0.05, 0.1) is 6.61 Å². The van der Waals surface area contributed by atoms with E-state index < -0.39 is 12.0 Å². The van der Waals surface area contributed by atoms with Crippen molar-refractivity contribution in [3.8, 4) is 17.7 Å². The second-order valence-electron chi connectivity index (χ2n) is 4.62. The van der Waals surface area contributed by atoms with Crippen LogP contribution in [0.3, 0.4) is 0 Å². The van der Waals surface area contributed by atoms with Gasteiger partial charge in [-0.05, 0) is 31.2 Å². The number of amides is 2. The van der Waals surface area contributed by atoms with Gasteiger partial charge in [0.2, 0.25) is 6.19 Å². The molecule has 9 heteroatoms. The topological polar surface area (TPSA) is 117 Å². The summed E-state index contributed by atoms with van der Waals surface area (Å²) in [6, 6.07) is 9.97. The van der Waals surface area contributed by atoms with E-state index >= 15 is 0 Å². The third kappa shape index (κ3) is 5.31. The van der Waals surface area contributed by atoms with Crippen LogP contribution in [0.15, 0.2) is 53.9 Å². The predicted octanol–water partition coefficient (Wildman–Crippen LogP) is 2.42. The number of hydrogen-bond acceptors (Lipinski definition) is 8. The first kappa shape index (κ1) is 18.4. The fraction of sp³-hybridized carbons (Fsp3) is 0.118. The van der Waals surface area contributed by atoms with E-state index in [2.05, 4.69) is 14.8 Å². The summed E-state index contributed by atoms with van der Waals surface area (Å²) in [5.41, 5.74) is 0.312. The normalized spacial score (nSPS) is 10.0. The Hall–Kier alpha value is -3.93. The summed E-state index contributed by atoms with van der Waals surface area (Å²) in [7, 11) is 0. The Morgan fingerprint density at radius 3 is 2.73 bits per heavy atom. The third-order valence-electron chi connectivity index (χ3n) is 2.86. The minimum atomic E-state index is -0.895. The van der Waals surface area contributed by atoms with E-state index in [1.165, 1.54) is 0 Å². The number of imide groups is 1. The predicted molar refractivity (Wildman–Crippen MR) is 92.5 cm³/mol. The van der Waals surface area contributed by atoms with Crippen LogP contribution in [0.2, 0.25) is 0 Å². The maximum Gasteiger partial charge on any atom is 0.414 e. The van der Waals surface area contributed by atoms with Gasteiger partial charge in [-0.1, -0.05) is 12.1 Å². The Kier molecular flexibility index (Phi) is 6.65. The number of nitriles is 1. The number of ether oxygens (including phenoxy) is 2. The number of benzene rings is 1. The number of alkyl carbamates (subject to hydrolysis) is 1. The Bertz CT molecular complexity index is 833. The lowest BCUT2D eigenvalue weighted by Gasteiger charge is -2.14. The van der Waals surface area contributed by atoms with E-state index in [0.29, 0.717) is 17.2 Å². The molecule has 1 aromatic carbocycles. The van der Waals surface area contributed by atoms with Gasteiger partial charge in [0.1, 0.15) is 17.7 Å². The van der Waals surface area contributed by atoms with Crippen molar-refractivity contribution in [3.63, 3.8) is 0 Å². The minimum absolute atomic E-state index is 0.125. The lowest BCUT2D eigenvalue weighted by Crippen LogP contribution is -2.32. The molecule has 26 heavy (non-hydrogen) atoms. The van der Waals surface area contributed by atoms with Crippen LogP contribution in [-0.2, 0) is 9.53 Å². The van der Waals surface area contributed by atoms with E-state index in [1.54, 1.807) is 55.7 Å². The summed E-state index contributed by atoms with van der Waals surface area (Å²) in [6.07, 6.45) is 4.86. The largest absolute Gasteiger partial charge is 0.455 e. The summed E-state index contributed by atoms with van der Waals surface area (Å²) in [5, 5.41) is 15.9. The monoisotopic (exact) mass is 353 g/mol. The summed E-state index contributed by atoms with van der Waals surface area (Å²) in [6.45, 7) is 1.73. The zero-order valence-electron chi connectivity index (χ0n) is 13.8. The van der Waals surface area contributed by atoms with Crippen LogP contribution in [-0.4, -0.2) is 29.8 Å². The molecule has 0 unspecified atom stereocenters. The van der Waals surface area contributed by atoms with E-state index in [9.17, 15) is 14.9 Å². The second-order valence-corrected chi connectivity index (χ2v) is 4.62. The lowest BCUT2D eigenvalue weighted by atomic mass is 10.3. The third-order valence-corrected chi connectivity index (χ3v) is 2.86. The molecule has 0 aliphatic rings. The number of rotatable bonds is 6. The molecule has 0 saturated carbocycles. The number of hydrogen-bond donors (Lipinski definition) is 1. The van der Waals surface area contributed by atoms with Gasteiger partial charge in [0.25, 0.3) is 5.91 Å². The summed E-state index contributed by atoms with van der Waals surface area (Å²) in [4.78, 5) is 26.7. The highest BCUT2D eigenvalue weighted by molar-refractivity contribution is 6.29. The second kappa shape index (κ2) is 9.39. The van der Waals surface area contributed by atoms with Gasteiger partial charge in [-0.25, -0.2) is 4.79 Å². The van der Waals surface area contributed by atoms with Crippen molar-refractivity contribution < 1.29 is 19.1 Å². The molecule has 0 fully saturated rings. The minimum Gasteiger partial charge on any atom is -0.455 e. The lowest BCUT2D eigenvalue weighted by molar-refractivity contribution is -0.113. The van der Waals surface area contributed by atoms with Gasteiger partial charge >= 0.3 is 6.09 Å². The SMILES string of the molecule is CCOC(=O)NC(=O)/C=N\N(C#N)c1ccccc1Oc1ccncc1. The van der Waals surface area contributed by atoms with Crippen molar-refractivity contribution in [1.29, 1.82) is 5.26 Å². The first-order chi connectivity index (χ1) is 12.6. The number of hydrazone groups is 1. The molecule has 2 aromatic rings. The Morgan fingerprint density at radius 1 is 1.31 bits per heavy atom. The molecule has 0 saturated heterocycles. The van der Waals surface area contributed by atoms with Crippen LogP contribution in [0.4, 0.5) is 10.5 Å². The maximum absolute atomic E-state index is 11.6. The van der Waals surface area contributed by atoms with Gasteiger partial charge in [0, 0.05) is 12.4 Å². The van der Waals surface area contributed by atoms with Crippen LogP contribution in [0.25, 0.3) is 0 Å². The quantitative estimate of drug-likeness (QED) is 0.367. The molecule has 0 aliphatic carbocycles. The van der Waals surface area contributed by atoms with E-state index in [4.69, 9.17) is 4.74 Å². The van der Waals surface area contributed by atoms with Gasteiger partial charge in [-0.3, -0.25) is 15.1 Å². The molecule has 1 N–H and O–H groups in total. The van der Waals surface area contributed by atoms with Crippen molar-refractivity contribution in [3.05, 3.63) is 48.8 Å². The van der Waals surface area contributed by atoms with E-state index in [-0.39, 0.29) is 6.61 Å². The van der Waals surface area contributed by atoms with Crippen molar-refractivity contribution in [2.24, 2.45) is 5.10 Å². The highest BCUT2D eigenvalue weighted by Crippen LogP contribution is 2.31. The molecule has 0 aliphatic heterocycles. The average Bonchev–Trinajstić information content (AvgIpc) is 2.64.